The van der Waals surface area contributed by atoms with Gasteiger partial charge in [0.15, 0.2) is 0 Å². The van der Waals surface area contributed by atoms with E-state index in [1.54, 1.807) is 44.3 Å². The fourth-order valence-corrected chi connectivity index (χ4v) is 7.55. The van der Waals surface area contributed by atoms with Crippen LogP contribution in [0, 0.1) is 5.41 Å². The lowest BCUT2D eigenvalue weighted by molar-refractivity contribution is -0.144. The third kappa shape index (κ3) is 7.91. The number of carbonyl (C=O) groups is 6. The van der Waals surface area contributed by atoms with E-state index in [0.29, 0.717) is 6.42 Å². The number of aromatic nitrogens is 2. The van der Waals surface area contributed by atoms with Crippen LogP contribution in [0.25, 0.3) is 0 Å². The number of carbonyl (C=O) groups excluding carboxylic acids is 6. The minimum Gasteiger partial charge on any atom is -0.363 e. The van der Waals surface area contributed by atoms with E-state index >= 15 is 0 Å². The number of nitrogens with two attached hydrogens (primary N) is 1. The van der Waals surface area contributed by atoms with Crippen molar-refractivity contribution in [1.82, 2.24) is 30.8 Å². The summed E-state index contributed by atoms with van der Waals surface area (Å²) in [5, 5.41) is 7.60. The molecule has 5 N–H and O–H groups in total. The lowest BCUT2D eigenvalue weighted by Crippen LogP contribution is -2.59. The van der Waals surface area contributed by atoms with Crippen LogP contribution in [-0.4, -0.2) is 97.5 Å². The van der Waals surface area contributed by atoms with Crippen LogP contribution in [0.1, 0.15) is 44.1 Å². The summed E-state index contributed by atoms with van der Waals surface area (Å²) in [6, 6.07) is -1.93. The maximum atomic E-state index is 13.9. The van der Waals surface area contributed by atoms with E-state index in [9.17, 15) is 28.8 Å². The van der Waals surface area contributed by atoms with Gasteiger partial charge in [-0.3, -0.25) is 33.8 Å². The van der Waals surface area contributed by atoms with E-state index in [0.717, 1.165) is 17.9 Å². The highest BCUT2D eigenvalue weighted by atomic mass is 32.2. The van der Waals surface area contributed by atoms with Gasteiger partial charge in [0.2, 0.25) is 23.5 Å². The van der Waals surface area contributed by atoms with Gasteiger partial charge in [0, 0.05) is 25.4 Å². The maximum Gasteiger partial charge on any atom is 0.286 e. The number of thioether (sulfide) groups is 2. The first-order valence-electron chi connectivity index (χ1n) is 12.4. The zero-order valence-corrected chi connectivity index (χ0v) is 23.7. The van der Waals surface area contributed by atoms with Crippen LogP contribution in [-0.2, 0) is 24.0 Å². The molecule has 3 rings (SSSR count). The van der Waals surface area contributed by atoms with E-state index in [4.69, 9.17) is 5.73 Å². The predicted octanol–water partition coefficient (Wildman–Crippen LogP) is -0.925. The molecule has 13 nitrogen and oxygen atoms in total. The molecule has 2 saturated heterocycles. The third-order valence-electron chi connectivity index (χ3n) is 6.22. The third-order valence-corrected chi connectivity index (χ3v) is 9.55. The number of amides is 5. The largest absolute Gasteiger partial charge is 0.363 e. The lowest BCUT2D eigenvalue weighted by Gasteiger charge is -2.36. The van der Waals surface area contributed by atoms with Crippen molar-refractivity contribution < 1.29 is 28.8 Å². The molecule has 2 aliphatic rings. The van der Waals surface area contributed by atoms with Crippen LogP contribution < -0.4 is 21.7 Å². The molecule has 0 radical (unpaired) electrons. The normalized spacial score (nSPS) is 19.2. The average molecular weight is 580 g/mol. The maximum absolute atomic E-state index is 13.9. The Morgan fingerprint density at radius 3 is 2.38 bits per heavy atom. The molecule has 1 spiro atoms. The van der Waals surface area contributed by atoms with Crippen molar-refractivity contribution in [3.8, 4) is 0 Å². The van der Waals surface area contributed by atoms with Crippen molar-refractivity contribution in [2.75, 3.05) is 31.1 Å². The Hall–Kier alpha value is -3.20. The fraction of sp³-hybridized carbons (Fsp3) is 0.583. The quantitative estimate of drug-likeness (QED) is 0.266. The SMILES string of the molecule is CC(C)(C)C(NC(=O)CNC(=O)c1cnccn1)C(=O)N1CC2(CC1C(=O)NCC(=O)C(N)=O)SCCCS2. The molecule has 2 unspecified atom stereocenters. The number of hydrogen-bond acceptors (Lipinski definition) is 10. The smallest absolute Gasteiger partial charge is 0.286 e. The van der Waals surface area contributed by atoms with E-state index in [2.05, 4.69) is 25.9 Å². The number of likely N-dealkylation sites (tertiary alicyclic amines) is 1. The van der Waals surface area contributed by atoms with Crippen molar-refractivity contribution in [2.45, 2.75) is 49.8 Å². The number of rotatable bonds is 9. The van der Waals surface area contributed by atoms with Crippen molar-refractivity contribution in [1.29, 1.82) is 0 Å². The number of nitrogens with zero attached hydrogens (tertiary/aromatic N) is 3. The Kier molecular flexibility index (Phi) is 9.93. The molecule has 39 heavy (non-hydrogen) atoms. The predicted molar refractivity (Wildman–Crippen MR) is 145 cm³/mol. The average Bonchev–Trinajstić information content (AvgIpc) is 3.27. The standard InChI is InChI=1S/C24H33N7O6S2/c1-23(2,3)18(30-17(33)12-29-20(35)14-10-26-5-6-27-14)22(37)31-13-24(38-7-4-8-39-24)9-15(31)21(36)28-11-16(32)19(25)34/h5-6,10,15,18H,4,7-9,11-13H2,1-3H3,(H2,25,34)(H,28,36)(H,29,35)(H,30,33). The van der Waals surface area contributed by atoms with Gasteiger partial charge in [0.05, 0.1) is 23.4 Å². The first-order valence-corrected chi connectivity index (χ1v) is 14.3. The van der Waals surface area contributed by atoms with Gasteiger partial charge in [0.1, 0.15) is 17.8 Å². The minimum absolute atomic E-state index is 0.0438. The summed E-state index contributed by atoms with van der Waals surface area (Å²) in [6.07, 6.45) is 5.39. The Balaban J connectivity index is 1.75. The van der Waals surface area contributed by atoms with Crippen LogP contribution in [0.3, 0.4) is 0 Å². The highest BCUT2D eigenvalue weighted by molar-refractivity contribution is 8.18. The van der Waals surface area contributed by atoms with Crippen molar-refractivity contribution in [3.05, 3.63) is 24.3 Å². The minimum atomic E-state index is -1.16. The number of ketones is 1. The second-order valence-corrected chi connectivity index (χ2v) is 13.5. The number of Topliss-reactive ketones (excluding diaryl/α,β-unsaturated/α-hetero) is 1. The van der Waals surface area contributed by atoms with Crippen LogP contribution in [0.2, 0.25) is 0 Å². The van der Waals surface area contributed by atoms with Crippen LogP contribution >= 0.6 is 23.5 Å². The van der Waals surface area contributed by atoms with Gasteiger partial charge >= 0.3 is 0 Å². The molecule has 0 aromatic carbocycles. The fourth-order valence-electron chi connectivity index (χ4n) is 4.20. The summed E-state index contributed by atoms with van der Waals surface area (Å²) >= 11 is 3.38. The van der Waals surface area contributed by atoms with E-state index in [-0.39, 0.29) is 12.2 Å². The highest BCUT2D eigenvalue weighted by Gasteiger charge is 2.52. The molecule has 1 aromatic heterocycles. The van der Waals surface area contributed by atoms with Gasteiger partial charge in [-0.1, -0.05) is 20.8 Å². The summed E-state index contributed by atoms with van der Waals surface area (Å²) in [6.45, 7) is 4.66. The van der Waals surface area contributed by atoms with Gasteiger partial charge < -0.3 is 26.6 Å². The van der Waals surface area contributed by atoms with Gasteiger partial charge in [-0.2, -0.15) is 0 Å². The lowest BCUT2D eigenvalue weighted by atomic mass is 9.85. The summed E-state index contributed by atoms with van der Waals surface area (Å²) in [5.41, 5.74) is 4.29. The van der Waals surface area contributed by atoms with Gasteiger partial charge in [-0.05, 0) is 23.3 Å². The van der Waals surface area contributed by atoms with E-state index < -0.39 is 70.0 Å². The van der Waals surface area contributed by atoms with Crippen molar-refractivity contribution >= 4 is 58.8 Å². The molecule has 15 heteroatoms. The molecule has 212 valence electrons. The number of primary amides is 1. The summed E-state index contributed by atoms with van der Waals surface area (Å²) in [5.74, 6) is -2.55. The second-order valence-electron chi connectivity index (χ2n) is 10.3. The Morgan fingerprint density at radius 1 is 1.10 bits per heavy atom. The molecular weight excluding hydrogens is 546 g/mol. The monoisotopic (exact) mass is 579 g/mol. The second kappa shape index (κ2) is 12.8. The first kappa shape index (κ1) is 30.3. The molecule has 3 heterocycles. The Bertz CT molecular complexity index is 1120. The molecule has 0 aliphatic carbocycles. The van der Waals surface area contributed by atoms with Gasteiger partial charge in [-0.25, -0.2) is 4.98 Å². The van der Waals surface area contributed by atoms with Crippen molar-refractivity contribution in [3.63, 3.8) is 0 Å². The first-order chi connectivity index (χ1) is 18.3. The van der Waals surface area contributed by atoms with Gasteiger partial charge in [0.25, 0.3) is 11.8 Å². The molecule has 2 atom stereocenters. The Morgan fingerprint density at radius 2 is 1.79 bits per heavy atom. The number of hydrogen-bond donors (Lipinski definition) is 4. The topological polar surface area (TPSA) is 194 Å². The number of nitrogens with one attached hydrogen (secondary N) is 3. The zero-order valence-electron chi connectivity index (χ0n) is 22.0. The summed E-state index contributed by atoms with van der Waals surface area (Å²) < 4.78 is -0.402. The molecule has 0 saturated carbocycles. The van der Waals surface area contributed by atoms with E-state index in [1.165, 1.54) is 23.5 Å². The summed E-state index contributed by atoms with van der Waals surface area (Å²) in [7, 11) is 0. The van der Waals surface area contributed by atoms with Gasteiger partial charge in [-0.15, -0.1) is 23.5 Å². The van der Waals surface area contributed by atoms with E-state index in [1.807, 2.05) is 0 Å². The zero-order chi connectivity index (χ0) is 28.8. The van der Waals surface area contributed by atoms with Crippen LogP contribution in [0.5, 0.6) is 0 Å². The Labute approximate surface area is 234 Å². The van der Waals surface area contributed by atoms with Crippen LogP contribution in [0.15, 0.2) is 18.6 Å². The molecule has 2 fully saturated rings. The van der Waals surface area contributed by atoms with Crippen molar-refractivity contribution in [2.24, 2.45) is 11.1 Å². The highest BCUT2D eigenvalue weighted by Crippen LogP contribution is 2.50. The molecule has 2 aliphatic heterocycles. The molecular formula is C24H33N7O6S2. The summed E-state index contributed by atoms with van der Waals surface area (Å²) in [4.78, 5) is 84.1. The molecule has 5 amide bonds. The molecule has 1 aromatic rings. The molecule has 0 bridgehead atoms. The van der Waals surface area contributed by atoms with Crippen LogP contribution in [0.4, 0.5) is 0 Å².